The summed E-state index contributed by atoms with van der Waals surface area (Å²) in [5.41, 5.74) is 2.77. The summed E-state index contributed by atoms with van der Waals surface area (Å²) in [7, 11) is 0. The van der Waals surface area contributed by atoms with Crippen molar-refractivity contribution in [1.82, 2.24) is 0 Å². The molecule has 0 aliphatic heterocycles. The first-order valence-corrected chi connectivity index (χ1v) is 7.10. The smallest absolute Gasteiger partial charge is 0.294 e. The van der Waals surface area contributed by atoms with Crippen LogP contribution in [0.4, 0.5) is 5.69 Å². The van der Waals surface area contributed by atoms with E-state index in [1.54, 1.807) is 17.2 Å². The summed E-state index contributed by atoms with van der Waals surface area (Å²) in [6.45, 7) is 4.23. The van der Waals surface area contributed by atoms with Crippen molar-refractivity contribution in [3.8, 4) is 0 Å². The van der Waals surface area contributed by atoms with Gasteiger partial charge in [0.1, 0.15) is 5.76 Å². The molecule has 0 bridgehead atoms. The minimum absolute atomic E-state index is 0.178. The fourth-order valence-electron chi connectivity index (χ4n) is 2.28. The van der Waals surface area contributed by atoms with Gasteiger partial charge in [-0.05, 0) is 44.2 Å². The monoisotopic (exact) mass is 295 g/mol. The van der Waals surface area contributed by atoms with Crippen molar-refractivity contribution in [2.75, 3.05) is 4.90 Å². The second-order valence-corrected chi connectivity index (χ2v) is 5.24. The van der Waals surface area contributed by atoms with Gasteiger partial charge in [-0.1, -0.05) is 17.7 Å². The molecule has 0 fully saturated rings. The second-order valence-electron chi connectivity index (χ2n) is 5.24. The summed E-state index contributed by atoms with van der Waals surface area (Å²) in [5.74, 6) is 0.896. The van der Waals surface area contributed by atoms with Crippen LogP contribution in [-0.4, -0.2) is 5.91 Å². The minimum Gasteiger partial charge on any atom is -0.467 e. The molecular formula is C18H17NO3. The molecule has 0 saturated heterocycles. The highest BCUT2D eigenvalue weighted by atomic mass is 16.3. The normalized spacial score (nSPS) is 10.6. The van der Waals surface area contributed by atoms with Crippen LogP contribution in [0, 0.1) is 13.8 Å². The quantitative estimate of drug-likeness (QED) is 0.719. The molecule has 0 N–H and O–H groups in total. The van der Waals surface area contributed by atoms with Gasteiger partial charge in [0.25, 0.3) is 5.91 Å². The number of amides is 1. The van der Waals surface area contributed by atoms with E-state index in [9.17, 15) is 4.79 Å². The van der Waals surface area contributed by atoms with Gasteiger partial charge in [-0.15, -0.1) is 0 Å². The number of carbonyl (C=O) groups excluding carboxylic acids is 1. The Balaban J connectivity index is 1.97. The Labute approximate surface area is 129 Å². The Kier molecular flexibility index (Phi) is 3.83. The third-order valence-corrected chi connectivity index (χ3v) is 3.54. The average molecular weight is 295 g/mol. The third kappa shape index (κ3) is 2.81. The average Bonchev–Trinajstić information content (AvgIpc) is 3.16. The molecule has 0 radical (unpaired) electrons. The van der Waals surface area contributed by atoms with Gasteiger partial charge in [0, 0.05) is 11.3 Å². The van der Waals surface area contributed by atoms with Crippen LogP contribution >= 0.6 is 0 Å². The van der Waals surface area contributed by atoms with Crippen molar-refractivity contribution in [2.24, 2.45) is 0 Å². The predicted octanol–water partition coefficient (Wildman–Crippen LogP) is 4.34. The number of carbonyl (C=O) groups is 1. The number of rotatable bonds is 4. The molecule has 4 heteroatoms. The number of anilines is 1. The van der Waals surface area contributed by atoms with E-state index in [1.807, 2.05) is 50.2 Å². The van der Waals surface area contributed by atoms with E-state index in [4.69, 9.17) is 8.83 Å². The SMILES string of the molecule is Cc1ccc(N(Cc2ccco2)C(=O)c2occc2C)cc1. The first-order valence-electron chi connectivity index (χ1n) is 7.10. The molecule has 0 spiro atoms. The lowest BCUT2D eigenvalue weighted by molar-refractivity contribution is 0.0955. The van der Waals surface area contributed by atoms with Gasteiger partial charge in [0.2, 0.25) is 0 Å². The lowest BCUT2D eigenvalue weighted by Gasteiger charge is -2.21. The van der Waals surface area contributed by atoms with Crippen molar-refractivity contribution in [1.29, 1.82) is 0 Å². The molecule has 1 amide bonds. The summed E-state index contributed by atoms with van der Waals surface area (Å²) < 4.78 is 10.7. The summed E-state index contributed by atoms with van der Waals surface area (Å²) in [4.78, 5) is 14.5. The number of hydrogen-bond donors (Lipinski definition) is 0. The Morgan fingerprint density at radius 3 is 2.36 bits per heavy atom. The molecule has 22 heavy (non-hydrogen) atoms. The van der Waals surface area contributed by atoms with Crippen LogP contribution in [0.15, 0.2) is 63.8 Å². The van der Waals surface area contributed by atoms with Gasteiger partial charge >= 0.3 is 0 Å². The number of nitrogens with zero attached hydrogens (tertiary/aromatic N) is 1. The molecule has 2 heterocycles. The van der Waals surface area contributed by atoms with E-state index < -0.39 is 0 Å². The summed E-state index contributed by atoms with van der Waals surface area (Å²) in [6.07, 6.45) is 3.13. The Morgan fingerprint density at radius 2 is 1.77 bits per heavy atom. The predicted molar refractivity (Wildman–Crippen MR) is 83.8 cm³/mol. The number of benzene rings is 1. The van der Waals surface area contributed by atoms with E-state index in [-0.39, 0.29) is 5.91 Å². The Bertz CT molecular complexity index is 754. The summed E-state index contributed by atoms with van der Waals surface area (Å²) >= 11 is 0. The van der Waals surface area contributed by atoms with Gasteiger partial charge in [-0.2, -0.15) is 0 Å². The first-order chi connectivity index (χ1) is 10.6. The maximum atomic E-state index is 12.8. The van der Waals surface area contributed by atoms with Crippen LogP contribution in [0.3, 0.4) is 0 Å². The van der Waals surface area contributed by atoms with E-state index in [2.05, 4.69) is 0 Å². The molecule has 112 valence electrons. The molecule has 3 aromatic rings. The zero-order valence-electron chi connectivity index (χ0n) is 12.6. The molecule has 0 saturated carbocycles. The third-order valence-electron chi connectivity index (χ3n) is 3.54. The highest BCUT2D eigenvalue weighted by Crippen LogP contribution is 2.22. The highest BCUT2D eigenvalue weighted by Gasteiger charge is 2.23. The standard InChI is InChI=1S/C18H17NO3/c1-13-5-7-15(8-6-13)19(12-16-4-3-10-21-16)18(20)17-14(2)9-11-22-17/h3-11H,12H2,1-2H3. The molecule has 4 nitrogen and oxygen atoms in total. The van der Waals surface area contributed by atoms with Crippen molar-refractivity contribution in [3.63, 3.8) is 0 Å². The molecular weight excluding hydrogens is 278 g/mol. The molecule has 1 aromatic carbocycles. The fourth-order valence-corrected chi connectivity index (χ4v) is 2.28. The van der Waals surface area contributed by atoms with Crippen molar-refractivity contribution < 1.29 is 13.6 Å². The van der Waals surface area contributed by atoms with Crippen LogP contribution in [-0.2, 0) is 6.54 Å². The number of furan rings is 2. The Hall–Kier alpha value is -2.75. The molecule has 0 atom stereocenters. The fraction of sp³-hybridized carbons (Fsp3) is 0.167. The van der Waals surface area contributed by atoms with Gasteiger partial charge < -0.3 is 8.83 Å². The molecule has 2 aromatic heterocycles. The zero-order valence-corrected chi connectivity index (χ0v) is 12.6. The van der Waals surface area contributed by atoms with Crippen LogP contribution in [0.25, 0.3) is 0 Å². The largest absolute Gasteiger partial charge is 0.467 e. The van der Waals surface area contributed by atoms with Crippen molar-refractivity contribution in [2.45, 2.75) is 20.4 Å². The number of hydrogen-bond acceptors (Lipinski definition) is 3. The second kappa shape index (κ2) is 5.93. The van der Waals surface area contributed by atoms with E-state index in [0.29, 0.717) is 12.3 Å². The van der Waals surface area contributed by atoms with E-state index in [0.717, 1.165) is 22.6 Å². The lowest BCUT2D eigenvalue weighted by Crippen LogP contribution is -2.30. The summed E-state index contributed by atoms with van der Waals surface area (Å²) in [5, 5.41) is 0. The highest BCUT2D eigenvalue weighted by molar-refractivity contribution is 6.04. The van der Waals surface area contributed by atoms with E-state index >= 15 is 0 Å². The van der Waals surface area contributed by atoms with Gasteiger partial charge in [-0.3, -0.25) is 9.69 Å². The zero-order chi connectivity index (χ0) is 15.5. The molecule has 0 aliphatic rings. The van der Waals surface area contributed by atoms with Crippen molar-refractivity contribution in [3.05, 3.63) is 77.6 Å². The van der Waals surface area contributed by atoms with E-state index in [1.165, 1.54) is 6.26 Å². The first kappa shape index (κ1) is 14.2. The number of aryl methyl sites for hydroxylation is 2. The topological polar surface area (TPSA) is 46.6 Å². The lowest BCUT2D eigenvalue weighted by atomic mass is 10.2. The maximum absolute atomic E-state index is 12.8. The van der Waals surface area contributed by atoms with Crippen LogP contribution in [0.5, 0.6) is 0 Å². The summed E-state index contributed by atoms with van der Waals surface area (Å²) in [6, 6.07) is 13.3. The maximum Gasteiger partial charge on any atom is 0.294 e. The molecule has 0 aliphatic carbocycles. The molecule has 3 rings (SSSR count). The van der Waals surface area contributed by atoms with Gasteiger partial charge in [-0.25, -0.2) is 0 Å². The van der Waals surface area contributed by atoms with Crippen LogP contribution in [0.2, 0.25) is 0 Å². The van der Waals surface area contributed by atoms with Crippen LogP contribution in [0.1, 0.15) is 27.4 Å². The van der Waals surface area contributed by atoms with Crippen LogP contribution < -0.4 is 4.90 Å². The molecule has 0 unspecified atom stereocenters. The van der Waals surface area contributed by atoms with Gasteiger partial charge in [0.15, 0.2) is 5.76 Å². The van der Waals surface area contributed by atoms with Gasteiger partial charge in [0.05, 0.1) is 19.1 Å². The van der Waals surface area contributed by atoms with Crippen molar-refractivity contribution >= 4 is 11.6 Å². The Morgan fingerprint density at radius 1 is 1.00 bits per heavy atom. The minimum atomic E-state index is -0.178.